The summed E-state index contributed by atoms with van der Waals surface area (Å²) in [6, 6.07) is 7.56. The second-order valence-electron chi connectivity index (χ2n) is 5.38. The van der Waals surface area contributed by atoms with Crippen LogP contribution in [0.3, 0.4) is 0 Å². The van der Waals surface area contributed by atoms with Gasteiger partial charge in [-0.05, 0) is 12.1 Å². The van der Waals surface area contributed by atoms with Gasteiger partial charge in [-0.2, -0.15) is 0 Å². The molecule has 3 aromatic rings. The van der Waals surface area contributed by atoms with Gasteiger partial charge >= 0.3 is 0 Å². The smallest absolute Gasteiger partial charge is 0.181 e. The lowest BCUT2D eigenvalue weighted by Crippen LogP contribution is -2.21. The van der Waals surface area contributed by atoms with Crippen molar-refractivity contribution in [3.63, 3.8) is 0 Å². The maximum absolute atomic E-state index is 11.1. The third kappa shape index (κ3) is 4.05. The summed E-state index contributed by atoms with van der Waals surface area (Å²) >= 11 is 1.47. The van der Waals surface area contributed by atoms with Crippen molar-refractivity contribution in [3.8, 4) is 11.5 Å². The van der Waals surface area contributed by atoms with Crippen LogP contribution in [0.15, 0.2) is 29.6 Å². The Morgan fingerprint density at radius 3 is 2.79 bits per heavy atom. The number of sulfone groups is 1. The Hall–Kier alpha value is -2.10. The second-order valence-corrected chi connectivity index (χ2v) is 8.59. The molecular weight excluding hydrogens is 346 g/mol. The van der Waals surface area contributed by atoms with Crippen molar-refractivity contribution in [3.05, 3.63) is 34.7 Å². The summed E-state index contributed by atoms with van der Waals surface area (Å²) in [6.07, 6.45) is 1.22. The third-order valence-corrected chi connectivity index (χ3v) is 5.13. The van der Waals surface area contributed by atoms with Gasteiger partial charge in [0.1, 0.15) is 26.4 Å². The van der Waals surface area contributed by atoms with Crippen molar-refractivity contribution < 1.29 is 8.42 Å². The molecule has 0 atom stereocenters. The topological polar surface area (TPSA) is 111 Å². The highest BCUT2D eigenvalue weighted by molar-refractivity contribution is 7.90. The molecule has 7 nitrogen and oxygen atoms in total. The molecule has 1 aromatic carbocycles. The summed E-state index contributed by atoms with van der Waals surface area (Å²) in [5.74, 6) is 1.02. The molecule has 0 bridgehead atoms. The fraction of sp³-hybridized carbons (Fsp3) is 0.267. The number of anilines is 1. The number of nitrogens with one attached hydrogen (secondary N) is 1. The van der Waals surface area contributed by atoms with E-state index >= 15 is 0 Å². The number of benzene rings is 1. The monoisotopic (exact) mass is 363 g/mol. The van der Waals surface area contributed by atoms with Crippen LogP contribution in [0, 0.1) is 0 Å². The fourth-order valence-electron chi connectivity index (χ4n) is 2.16. The van der Waals surface area contributed by atoms with Gasteiger partial charge in [0.25, 0.3) is 0 Å². The summed E-state index contributed by atoms with van der Waals surface area (Å²) < 4.78 is 22.2. The first-order valence-electron chi connectivity index (χ1n) is 7.28. The Morgan fingerprint density at radius 1 is 1.21 bits per heavy atom. The second kappa shape index (κ2) is 6.80. The molecule has 0 unspecified atom stereocenters. The Kier molecular flexibility index (Phi) is 4.74. The van der Waals surface area contributed by atoms with Crippen LogP contribution in [0.2, 0.25) is 0 Å². The minimum atomic E-state index is -2.96. The van der Waals surface area contributed by atoms with Crippen molar-refractivity contribution in [2.45, 2.75) is 6.54 Å². The normalized spacial score (nSPS) is 11.9. The Morgan fingerprint density at radius 2 is 2.00 bits per heavy atom. The van der Waals surface area contributed by atoms with Gasteiger partial charge in [-0.3, -0.25) is 0 Å². The van der Waals surface area contributed by atoms with Crippen LogP contribution in [0.1, 0.15) is 5.01 Å². The number of nitrogen functional groups attached to an aromatic ring is 1. The first-order valence-corrected chi connectivity index (χ1v) is 10.2. The lowest BCUT2D eigenvalue weighted by Gasteiger charge is -2.03. The van der Waals surface area contributed by atoms with Crippen LogP contribution in [0.5, 0.6) is 0 Å². The lowest BCUT2D eigenvalue weighted by molar-refractivity contribution is 0.596. The molecule has 0 aliphatic heterocycles. The van der Waals surface area contributed by atoms with E-state index in [1.165, 1.54) is 17.6 Å². The average molecular weight is 363 g/mol. The number of nitrogens with two attached hydrogens (primary N) is 1. The Balaban J connectivity index is 1.73. The zero-order chi connectivity index (χ0) is 17.2. The van der Waals surface area contributed by atoms with E-state index in [0.29, 0.717) is 30.4 Å². The molecule has 24 heavy (non-hydrogen) atoms. The highest BCUT2D eigenvalue weighted by Crippen LogP contribution is 2.24. The van der Waals surface area contributed by atoms with Crippen molar-refractivity contribution in [2.75, 3.05) is 24.3 Å². The van der Waals surface area contributed by atoms with Gasteiger partial charge in [0.2, 0.25) is 0 Å². The molecule has 0 fully saturated rings. The molecule has 3 rings (SSSR count). The molecule has 0 aliphatic carbocycles. The van der Waals surface area contributed by atoms with Gasteiger partial charge in [-0.25, -0.2) is 23.4 Å². The van der Waals surface area contributed by atoms with Gasteiger partial charge in [-0.15, -0.1) is 11.3 Å². The predicted molar refractivity (Wildman–Crippen MR) is 96.5 cm³/mol. The van der Waals surface area contributed by atoms with Gasteiger partial charge in [0.05, 0.1) is 11.3 Å². The fourth-order valence-corrected chi connectivity index (χ4v) is 3.42. The molecular formula is C15H17N5O2S2. The largest absolute Gasteiger partial charge is 0.383 e. The van der Waals surface area contributed by atoms with Gasteiger partial charge < -0.3 is 11.1 Å². The molecule has 0 saturated heterocycles. The number of hydrogen-bond donors (Lipinski definition) is 2. The minimum Gasteiger partial charge on any atom is -0.383 e. The SMILES string of the molecule is CS(=O)(=O)CCNCc1nc(-c2nc(N)c3ccccc3n2)cs1. The number of aromatic nitrogens is 3. The zero-order valence-electron chi connectivity index (χ0n) is 13.1. The number of para-hydroxylation sites is 1. The quantitative estimate of drug-likeness (QED) is 0.638. The first kappa shape index (κ1) is 16.7. The van der Waals surface area contributed by atoms with Gasteiger partial charge in [0, 0.05) is 30.1 Å². The molecule has 2 heterocycles. The van der Waals surface area contributed by atoms with E-state index in [2.05, 4.69) is 20.3 Å². The Labute approximate surface area is 143 Å². The van der Waals surface area contributed by atoms with Crippen molar-refractivity contribution in [1.82, 2.24) is 20.3 Å². The molecule has 0 spiro atoms. The van der Waals surface area contributed by atoms with Crippen LogP contribution in [0.25, 0.3) is 22.4 Å². The van der Waals surface area contributed by atoms with E-state index in [-0.39, 0.29) is 5.75 Å². The molecule has 0 amide bonds. The molecule has 2 aromatic heterocycles. The molecule has 0 aliphatic rings. The zero-order valence-corrected chi connectivity index (χ0v) is 14.7. The number of nitrogens with zero attached hydrogens (tertiary/aromatic N) is 3. The maximum Gasteiger partial charge on any atom is 0.181 e. The van der Waals surface area contributed by atoms with Gasteiger partial charge in [-0.1, -0.05) is 12.1 Å². The predicted octanol–water partition coefficient (Wildman–Crippen LogP) is 1.47. The maximum atomic E-state index is 11.1. The Bertz CT molecular complexity index is 969. The minimum absolute atomic E-state index is 0.107. The van der Waals surface area contributed by atoms with Crippen LogP contribution in [-0.2, 0) is 16.4 Å². The van der Waals surface area contributed by atoms with Crippen molar-refractivity contribution >= 4 is 37.9 Å². The molecule has 126 valence electrons. The summed E-state index contributed by atoms with van der Waals surface area (Å²) in [5.41, 5.74) is 7.44. The van der Waals surface area contributed by atoms with E-state index in [0.717, 1.165) is 15.9 Å². The molecule has 0 radical (unpaired) electrons. The molecule has 0 saturated carbocycles. The van der Waals surface area contributed by atoms with Crippen molar-refractivity contribution in [2.24, 2.45) is 0 Å². The number of hydrogen-bond acceptors (Lipinski definition) is 8. The van der Waals surface area contributed by atoms with E-state index in [4.69, 9.17) is 5.73 Å². The molecule has 3 N–H and O–H groups in total. The summed E-state index contributed by atoms with van der Waals surface area (Å²) in [5, 5.41) is 6.60. The van der Waals surface area contributed by atoms with Crippen molar-refractivity contribution in [1.29, 1.82) is 0 Å². The summed E-state index contributed by atoms with van der Waals surface area (Å²) in [4.78, 5) is 13.3. The lowest BCUT2D eigenvalue weighted by atomic mass is 10.2. The average Bonchev–Trinajstić information content (AvgIpc) is 3.00. The standard InChI is InChI=1S/C15H17N5O2S2/c1-24(21,22)7-6-17-8-13-18-12(9-23-13)15-19-11-5-3-2-4-10(11)14(16)20-15/h2-5,9,17H,6-8H2,1H3,(H2,16,19,20). The molecule has 9 heteroatoms. The van der Waals surface area contributed by atoms with E-state index in [1.54, 1.807) is 0 Å². The third-order valence-electron chi connectivity index (χ3n) is 3.34. The van der Waals surface area contributed by atoms with E-state index in [1.807, 2.05) is 29.6 Å². The number of thiazole rings is 1. The van der Waals surface area contributed by atoms with Crippen LogP contribution in [-0.4, -0.2) is 41.9 Å². The van der Waals surface area contributed by atoms with Crippen LogP contribution < -0.4 is 11.1 Å². The first-order chi connectivity index (χ1) is 11.4. The van der Waals surface area contributed by atoms with E-state index in [9.17, 15) is 8.42 Å². The van der Waals surface area contributed by atoms with Gasteiger partial charge in [0.15, 0.2) is 5.82 Å². The van der Waals surface area contributed by atoms with Crippen LogP contribution >= 0.6 is 11.3 Å². The highest BCUT2D eigenvalue weighted by Gasteiger charge is 2.11. The number of fused-ring (bicyclic) bond motifs is 1. The highest BCUT2D eigenvalue weighted by atomic mass is 32.2. The van der Waals surface area contributed by atoms with Crippen LogP contribution in [0.4, 0.5) is 5.82 Å². The summed E-state index contributed by atoms with van der Waals surface area (Å²) in [6.45, 7) is 0.899. The summed E-state index contributed by atoms with van der Waals surface area (Å²) in [7, 11) is -2.96. The van der Waals surface area contributed by atoms with E-state index < -0.39 is 9.84 Å². The number of rotatable bonds is 6.